The molecule has 1 fully saturated rings. The summed E-state index contributed by atoms with van der Waals surface area (Å²) in [5.41, 5.74) is 5.45. The summed E-state index contributed by atoms with van der Waals surface area (Å²) < 4.78 is 26.2. The van der Waals surface area contributed by atoms with Gasteiger partial charge in [-0.3, -0.25) is 4.90 Å². The molecule has 6 nitrogen and oxygen atoms in total. The summed E-state index contributed by atoms with van der Waals surface area (Å²) in [5, 5.41) is 0. The van der Waals surface area contributed by atoms with Crippen LogP contribution >= 0.6 is 0 Å². The highest BCUT2D eigenvalue weighted by atomic mass is 32.2. The molecular formula is C12H16N4O2S. The van der Waals surface area contributed by atoms with Gasteiger partial charge in [-0.25, -0.2) is 13.4 Å². The van der Waals surface area contributed by atoms with Crippen molar-refractivity contribution >= 4 is 15.8 Å². The van der Waals surface area contributed by atoms with Gasteiger partial charge < -0.3 is 5.73 Å². The molecule has 0 atom stereocenters. The van der Waals surface area contributed by atoms with Crippen molar-refractivity contribution in [2.75, 3.05) is 38.5 Å². The first-order valence-corrected chi connectivity index (χ1v) is 7.35. The van der Waals surface area contributed by atoms with E-state index < -0.39 is 10.0 Å². The van der Waals surface area contributed by atoms with E-state index in [9.17, 15) is 8.42 Å². The Morgan fingerprint density at radius 3 is 2.53 bits per heavy atom. The maximum absolute atomic E-state index is 12.3. The van der Waals surface area contributed by atoms with Crippen LogP contribution in [0.4, 0.5) is 5.82 Å². The molecular weight excluding hydrogens is 264 g/mol. The van der Waals surface area contributed by atoms with Crippen LogP contribution in [0.3, 0.4) is 0 Å². The van der Waals surface area contributed by atoms with Gasteiger partial charge in [0.25, 0.3) is 0 Å². The lowest BCUT2D eigenvalue weighted by atomic mass is 10.4. The predicted octanol–water partition coefficient (Wildman–Crippen LogP) is -0.397. The van der Waals surface area contributed by atoms with Crippen molar-refractivity contribution in [1.82, 2.24) is 14.2 Å². The third kappa shape index (κ3) is 3.04. The van der Waals surface area contributed by atoms with Crippen LogP contribution in [0.2, 0.25) is 0 Å². The normalized spacial score (nSPS) is 18.1. The van der Waals surface area contributed by atoms with E-state index in [-0.39, 0.29) is 4.90 Å². The van der Waals surface area contributed by atoms with E-state index >= 15 is 0 Å². The van der Waals surface area contributed by atoms with Crippen molar-refractivity contribution in [2.24, 2.45) is 0 Å². The predicted molar refractivity (Wildman–Crippen MR) is 72.7 cm³/mol. The van der Waals surface area contributed by atoms with Gasteiger partial charge in [-0.15, -0.1) is 6.42 Å². The Morgan fingerprint density at radius 1 is 1.32 bits per heavy atom. The molecule has 2 heterocycles. The molecule has 102 valence electrons. The monoisotopic (exact) mass is 280 g/mol. The SMILES string of the molecule is C#CCN1CCN(S(=O)(=O)c2ccc(N)nc2)CC1. The summed E-state index contributed by atoms with van der Waals surface area (Å²) in [7, 11) is -3.48. The zero-order chi connectivity index (χ0) is 13.9. The molecule has 1 aromatic heterocycles. The van der Waals surface area contributed by atoms with Crippen LogP contribution in [-0.2, 0) is 10.0 Å². The summed E-state index contributed by atoms with van der Waals surface area (Å²) in [5.74, 6) is 2.87. The highest BCUT2D eigenvalue weighted by Crippen LogP contribution is 2.17. The van der Waals surface area contributed by atoms with Crippen LogP contribution < -0.4 is 5.73 Å². The molecule has 0 unspecified atom stereocenters. The maximum atomic E-state index is 12.3. The Hall–Kier alpha value is -1.62. The lowest BCUT2D eigenvalue weighted by molar-refractivity contribution is 0.207. The zero-order valence-electron chi connectivity index (χ0n) is 10.5. The number of rotatable bonds is 3. The second kappa shape index (κ2) is 5.57. The summed E-state index contributed by atoms with van der Waals surface area (Å²) >= 11 is 0. The van der Waals surface area contributed by atoms with Crippen molar-refractivity contribution in [1.29, 1.82) is 0 Å². The minimum atomic E-state index is -3.48. The molecule has 0 aromatic carbocycles. The zero-order valence-corrected chi connectivity index (χ0v) is 11.3. The number of anilines is 1. The van der Waals surface area contributed by atoms with Crippen LogP contribution in [0, 0.1) is 12.3 Å². The molecule has 2 N–H and O–H groups in total. The molecule has 0 saturated carbocycles. The van der Waals surface area contributed by atoms with Crippen molar-refractivity contribution in [3.63, 3.8) is 0 Å². The third-order valence-corrected chi connectivity index (χ3v) is 4.93. The molecule has 0 amide bonds. The molecule has 19 heavy (non-hydrogen) atoms. The first-order valence-electron chi connectivity index (χ1n) is 5.91. The van der Waals surface area contributed by atoms with Crippen molar-refractivity contribution in [2.45, 2.75) is 4.90 Å². The smallest absolute Gasteiger partial charge is 0.244 e. The van der Waals surface area contributed by atoms with E-state index in [0.29, 0.717) is 38.5 Å². The fourth-order valence-electron chi connectivity index (χ4n) is 1.95. The molecule has 0 spiro atoms. The van der Waals surface area contributed by atoms with Crippen molar-refractivity contribution in [3.05, 3.63) is 18.3 Å². The second-order valence-electron chi connectivity index (χ2n) is 4.30. The molecule has 2 rings (SSSR count). The van der Waals surface area contributed by atoms with Crippen molar-refractivity contribution in [3.8, 4) is 12.3 Å². The lowest BCUT2D eigenvalue weighted by Crippen LogP contribution is -2.48. The second-order valence-corrected chi connectivity index (χ2v) is 6.24. The standard InChI is InChI=1S/C12H16N4O2S/c1-2-5-15-6-8-16(9-7-15)19(17,18)11-3-4-12(13)14-10-11/h1,3-4,10H,5-9H2,(H2,13,14). The number of aromatic nitrogens is 1. The number of pyridine rings is 1. The number of terminal acetylenes is 1. The number of hydrogen-bond acceptors (Lipinski definition) is 5. The molecule has 1 saturated heterocycles. The molecule has 7 heteroatoms. The average molecular weight is 280 g/mol. The van der Waals surface area contributed by atoms with E-state index in [1.165, 1.54) is 22.6 Å². The van der Waals surface area contributed by atoms with Crippen LogP contribution in [-0.4, -0.2) is 55.3 Å². The fraction of sp³-hybridized carbons (Fsp3) is 0.417. The minimum absolute atomic E-state index is 0.173. The first-order chi connectivity index (χ1) is 9.04. The Morgan fingerprint density at radius 2 is 2.00 bits per heavy atom. The number of sulfonamides is 1. The maximum Gasteiger partial charge on any atom is 0.244 e. The molecule has 0 bridgehead atoms. The molecule has 0 radical (unpaired) electrons. The fourth-order valence-corrected chi connectivity index (χ4v) is 3.32. The summed E-state index contributed by atoms with van der Waals surface area (Å²) in [6.07, 6.45) is 6.53. The molecule has 1 aliphatic heterocycles. The van der Waals surface area contributed by atoms with Crippen LogP contribution in [0.5, 0.6) is 0 Å². The Bertz CT molecular complexity index is 569. The Balaban J connectivity index is 2.10. The third-order valence-electron chi connectivity index (χ3n) is 3.04. The Kier molecular flexibility index (Phi) is 4.04. The average Bonchev–Trinajstić information content (AvgIpc) is 2.40. The van der Waals surface area contributed by atoms with Gasteiger partial charge in [0, 0.05) is 32.4 Å². The largest absolute Gasteiger partial charge is 0.384 e. The summed E-state index contributed by atoms with van der Waals surface area (Å²) in [6, 6.07) is 2.97. The number of piperazine rings is 1. The summed E-state index contributed by atoms with van der Waals surface area (Å²) in [6.45, 7) is 2.72. The Labute approximate surface area is 113 Å². The molecule has 1 aromatic rings. The number of nitrogen functional groups attached to an aromatic ring is 1. The molecule has 1 aliphatic rings. The first kappa shape index (κ1) is 13.8. The lowest BCUT2D eigenvalue weighted by Gasteiger charge is -2.32. The quantitative estimate of drug-likeness (QED) is 0.762. The van der Waals surface area contributed by atoms with Crippen LogP contribution in [0.25, 0.3) is 0 Å². The highest BCUT2D eigenvalue weighted by molar-refractivity contribution is 7.89. The molecule has 0 aliphatic carbocycles. The number of hydrogen-bond donors (Lipinski definition) is 1. The van der Waals surface area contributed by atoms with Gasteiger partial charge in [-0.1, -0.05) is 5.92 Å². The topological polar surface area (TPSA) is 79.5 Å². The van der Waals surface area contributed by atoms with E-state index in [1.54, 1.807) is 0 Å². The van der Waals surface area contributed by atoms with Gasteiger partial charge in [0.15, 0.2) is 0 Å². The van der Waals surface area contributed by atoms with Crippen LogP contribution in [0.15, 0.2) is 23.2 Å². The van der Waals surface area contributed by atoms with E-state index in [1.807, 2.05) is 4.90 Å². The van der Waals surface area contributed by atoms with Gasteiger partial charge in [0.05, 0.1) is 6.54 Å². The van der Waals surface area contributed by atoms with E-state index in [0.717, 1.165) is 0 Å². The highest BCUT2D eigenvalue weighted by Gasteiger charge is 2.28. The van der Waals surface area contributed by atoms with Gasteiger partial charge in [-0.2, -0.15) is 4.31 Å². The van der Waals surface area contributed by atoms with Gasteiger partial charge in [0.1, 0.15) is 10.7 Å². The van der Waals surface area contributed by atoms with Crippen LogP contribution in [0.1, 0.15) is 0 Å². The number of nitrogens with zero attached hydrogens (tertiary/aromatic N) is 3. The van der Waals surface area contributed by atoms with Crippen molar-refractivity contribution < 1.29 is 8.42 Å². The van der Waals surface area contributed by atoms with Gasteiger partial charge >= 0.3 is 0 Å². The van der Waals surface area contributed by atoms with E-state index in [2.05, 4.69) is 10.9 Å². The summed E-state index contributed by atoms with van der Waals surface area (Å²) in [4.78, 5) is 6.04. The van der Waals surface area contributed by atoms with Gasteiger partial charge in [-0.05, 0) is 12.1 Å². The van der Waals surface area contributed by atoms with Gasteiger partial charge in [0.2, 0.25) is 10.0 Å². The number of nitrogens with two attached hydrogens (primary N) is 1. The van der Waals surface area contributed by atoms with E-state index in [4.69, 9.17) is 12.2 Å². The minimum Gasteiger partial charge on any atom is -0.384 e.